The minimum absolute atomic E-state index is 0.0706. The molecule has 2 saturated heterocycles. The van der Waals surface area contributed by atoms with E-state index in [0.717, 1.165) is 44.1 Å². The summed E-state index contributed by atoms with van der Waals surface area (Å²) in [5, 5.41) is 3.04. The number of hydrogen-bond acceptors (Lipinski definition) is 5. The van der Waals surface area contributed by atoms with Crippen LogP contribution in [0.4, 0.5) is 10.1 Å². The maximum absolute atomic E-state index is 13.4. The van der Waals surface area contributed by atoms with Crippen LogP contribution in [0.25, 0.3) is 0 Å². The molecule has 6 nitrogen and oxygen atoms in total. The summed E-state index contributed by atoms with van der Waals surface area (Å²) in [6.07, 6.45) is -0.237. The third-order valence-corrected chi connectivity index (χ3v) is 5.87. The molecule has 0 radical (unpaired) electrons. The third kappa shape index (κ3) is 6.24. The summed E-state index contributed by atoms with van der Waals surface area (Å²) >= 11 is 5.89. The van der Waals surface area contributed by atoms with Crippen molar-refractivity contribution in [2.75, 3.05) is 57.9 Å². The molecule has 2 aromatic carbocycles. The molecule has 2 fully saturated rings. The van der Waals surface area contributed by atoms with E-state index in [4.69, 9.17) is 21.1 Å². The molecule has 2 aliphatic rings. The zero-order chi connectivity index (χ0) is 21.6. The summed E-state index contributed by atoms with van der Waals surface area (Å²) in [7, 11) is 0. The molecule has 8 heteroatoms. The Balaban J connectivity index is 1.27. The van der Waals surface area contributed by atoms with E-state index in [1.165, 1.54) is 11.6 Å². The number of halogens is 2. The molecule has 2 heterocycles. The number of hydrogen-bond donors (Lipinski definition) is 1. The van der Waals surface area contributed by atoms with E-state index < -0.39 is 5.82 Å². The number of amides is 1. The Bertz CT molecular complexity index is 890. The quantitative estimate of drug-likeness (QED) is 0.736. The van der Waals surface area contributed by atoms with Gasteiger partial charge in [0.15, 0.2) is 0 Å². The molecule has 0 aliphatic carbocycles. The van der Waals surface area contributed by atoms with Crippen molar-refractivity contribution < 1.29 is 18.7 Å². The molecular weight excluding hydrogens is 421 g/mol. The highest BCUT2D eigenvalue weighted by Gasteiger charge is 2.24. The first-order valence-electron chi connectivity index (χ1n) is 10.5. The smallest absolute Gasteiger partial charge is 0.238 e. The minimum atomic E-state index is -0.451. The van der Waals surface area contributed by atoms with E-state index in [2.05, 4.69) is 10.2 Å². The second-order valence-corrected chi connectivity index (χ2v) is 8.31. The summed E-state index contributed by atoms with van der Waals surface area (Å²) in [6.45, 7) is 6.33. The van der Waals surface area contributed by atoms with E-state index in [9.17, 15) is 9.18 Å². The molecule has 31 heavy (non-hydrogen) atoms. The molecule has 1 atom stereocenters. The number of benzene rings is 2. The van der Waals surface area contributed by atoms with Gasteiger partial charge in [-0.05, 0) is 35.4 Å². The van der Waals surface area contributed by atoms with Crippen LogP contribution in [-0.2, 0) is 20.8 Å². The third-order valence-electron chi connectivity index (χ3n) is 5.58. The Hall–Kier alpha value is -2.03. The van der Waals surface area contributed by atoms with Gasteiger partial charge in [0, 0.05) is 38.4 Å². The largest absolute Gasteiger partial charge is 0.379 e. The van der Waals surface area contributed by atoms with Crippen LogP contribution in [0.1, 0.15) is 17.2 Å². The van der Waals surface area contributed by atoms with Gasteiger partial charge in [-0.25, -0.2) is 4.39 Å². The Morgan fingerprint density at radius 1 is 1.06 bits per heavy atom. The molecule has 0 bridgehead atoms. The van der Waals surface area contributed by atoms with Crippen LogP contribution in [0.3, 0.4) is 0 Å². The topological polar surface area (TPSA) is 54.0 Å². The Labute approximate surface area is 186 Å². The highest BCUT2D eigenvalue weighted by Crippen LogP contribution is 2.26. The Morgan fingerprint density at radius 2 is 1.81 bits per heavy atom. The zero-order valence-corrected chi connectivity index (χ0v) is 18.1. The average molecular weight is 448 g/mol. The van der Waals surface area contributed by atoms with Crippen LogP contribution in [0, 0.1) is 5.82 Å². The maximum atomic E-state index is 13.4. The van der Waals surface area contributed by atoms with E-state index >= 15 is 0 Å². The van der Waals surface area contributed by atoms with Gasteiger partial charge < -0.3 is 14.8 Å². The van der Waals surface area contributed by atoms with Gasteiger partial charge in [0.05, 0.1) is 37.5 Å². The van der Waals surface area contributed by atoms with E-state index in [1.807, 2.05) is 29.2 Å². The highest BCUT2D eigenvalue weighted by atomic mass is 35.5. The number of carbonyl (C=O) groups is 1. The lowest BCUT2D eigenvalue weighted by Crippen LogP contribution is -2.42. The van der Waals surface area contributed by atoms with E-state index in [-0.39, 0.29) is 23.6 Å². The van der Waals surface area contributed by atoms with Crippen molar-refractivity contribution in [2.45, 2.75) is 12.6 Å². The molecule has 166 valence electrons. The van der Waals surface area contributed by atoms with E-state index in [1.54, 1.807) is 12.1 Å². The van der Waals surface area contributed by atoms with Crippen molar-refractivity contribution in [3.05, 3.63) is 64.4 Å². The van der Waals surface area contributed by atoms with Gasteiger partial charge in [-0.3, -0.25) is 14.6 Å². The maximum Gasteiger partial charge on any atom is 0.238 e. The van der Waals surface area contributed by atoms with Crippen LogP contribution in [-0.4, -0.2) is 68.3 Å². The Kier molecular flexibility index (Phi) is 7.53. The fourth-order valence-corrected chi connectivity index (χ4v) is 4.06. The molecule has 0 aromatic heterocycles. The molecule has 0 spiro atoms. The molecule has 1 N–H and O–H groups in total. The van der Waals surface area contributed by atoms with E-state index in [0.29, 0.717) is 19.7 Å². The number of nitrogens with zero attached hydrogens (tertiary/aromatic N) is 2. The van der Waals surface area contributed by atoms with Crippen molar-refractivity contribution >= 4 is 23.2 Å². The molecular formula is C23H27ClFN3O3. The monoisotopic (exact) mass is 447 g/mol. The predicted octanol–water partition coefficient (Wildman–Crippen LogP) is 3.32. The molecule has 2 aromatic rings. The normalized spacial score (nSPS) is 20.5. The summed E-state index contributed by atoms with van der Waals surface area (Å²) < 4.78 is 24.6. The van der Waals surface area contributed by atoms with Crippen molar-refractivity contribution in [2.24, 2.45) is 0 Å². The number of nitrogens with one attached hydrogen (secondary N) is 1. The van der Waals surface area contributed by atoms with Gasteiger partial charge in [-0.1, -0.05) is 29.8 Å². The summed E-state index contributed by atoms with van der Waals surface area (Å²) in [5.74, 6) is -0.521. The van der Waals surface area contributed by atoms with Gasteiger partial charge in [0.25, 0.3) is 0 Å². The minimum Gasteiger partial charge on any atom is -0.379 e. The number of rotatable bonds is 6. The van der Waals surface area contributed by atoms with Crippen LogP contribution in [0.2, 0.25) is 5.02 Å². The van der Waals surface area contributed by atoms with Crippen LogP contribution in [0.15, 0.2) is 42.5 Å². The van der Waals surface area contributed by atoms with Crippen LogP contribution < -0.4 is 5.32 Å². The lowest BCUT2D eigenvalue weighted by atomic mass is 10.1. The Morgan fingerprint density at radius 3 is 2.55 bits per heavy atom. The first-order chi connectivity index (χ1) is 15.1. The molecule has 1 unspecified atom stereocenters. The fourth-order valence-electron chi connectivity index (χ4n) is 3.88. The van der Waals surface area contributed by atoms with Gasteiger partial charge in [0.1, 0.15) is 5.82 Å². The fraction of sp³-hybridized carbons (Fsp3) is 0.435. The average Bonchev–Trinajstić information content (AvgIpc) is 2.78. The van der Waals surface area contributed by atoms with Crippen LogP contribution >= 0.6 is 11.6 Å². The number of ether oxygens (including phenoxy) is 2. The lowest BCUT2D eigenvalue weighted by Gasteiger charge is -2.32. The number of carbonyl (C=O) groups excluding carboxylic acids is 1. The van der Waals surface area contributed by atoms with Gasteiger partial charge >= 0.3 is 0 Å². The molecule has 0 saturated carbocycles. The summed E-state index contributed by atoms with van der Waals surface area (Å²) in [6, 6.07) is 12.6. The van der Waals surface area contributed by atoms with Crippen molar-refractivity contribution in [1.82, 2.24) is 9.80 Å². The zero-order valence-electron chi connectivity index (χ0n) is 17.4. The van der Waals surface area contributed by atoms with Crippen LogP contribution in [0.5, 0.6) is 0 Å². The summed E-state index contributed by atoms with van der Waals surface area (Å²) in [4.78, 5) is 16.9. The number of morpholine rings is 2. The first kappa shape index (κ1) is 22.2. The SMILES string of the molecule is O=C(CN1CCOC(c2ccc(F)c(Cl)c2)C1)Nc1ccc(CN2CCOCC2)cc1. The van der Waals surface area contributed by atoms with Gasteiger partial charge in [0.2, 0.25) is 5.91 Å². The second kappa shape index (κ2) is 10.5. The summed E-state index contributed by atoms with van der Waals surface area (Å²) in [5.41, 5.74) is 2.81. The first-order valence-corrected chi connectivity index (χ1v) is 10.9. The molecule has 2 aliphatic heterocycles. The highest BCUT2D eigenvalue weighted by molar-refractivity contribution is 6.30. The van der Waals surface area contributed by atoms with Crippen molar-refractivity contribution in [3.63, 3.8) is 0 Å². The lowest BCUT2D eigenvalue weighted by molar-refractivity contribution is -0.119. The number of anilines is 1. The second-order valence-electron chi connectivity index (χ2n) is 7.90. The van der Waals surface area contributed by atoms with Crippen molar-refractivity contribution in [1.29, 1.82) is 0 Å². The standard InChI is InChI=1S/C23H27ClFN3O3/c24-20-13-18(3-6-21(20)25)22-15-28(9-12-31-22)16-23(29)26-19-4-1-17(2-5-19)14-27-7-10-30-11-8-27/h1-6,13,22H,7-12,14-16H2,(H,26,29). The predicted molar refractivity (Wildman–Crippen MR) is 118 cm³/mol. The van der Waals surface area contributed by atoms with Gasteiger partial charge in [-0.15, -0.1) is 0 Å². The van der Waals surface area contributed by atoms with Gasteiger partial charge in [-0.2, -0.15) is 0 Å². The van der Waals surface area contributed by atoms with Crippen molar-refractivity contribution in [3.8, 4) is 0 Å². The molecule has 1 amide bonds. The molecule has 4 rings (SSSR count).